The van der Waals surface area contributed by atoms with E-state index in [1.807, 2.05) is 38.2 Å². The number of likely N-dealkylation sites (N-methyl/N-ethyl adjacent to an activating group) is 1. The third-order valence-electron chi connectivity index (χ3n) is 5.86. The first kappa shape index (κ1) is 24.6. The summed E-state index contributed by atoms with van der Waals surface area (Å²) < 4.78 is 46.4. The van der Waals surface area contributed by atoms with Crippen molar-refractivity contribution in [1.29, 1.82) is 0 Å². The number of ether oxygens (including phenoxy) is 1. The Morgan fingerprint density at radius 2 is 1.74 bits per heavy atom. The molecule has 0 aliphatic heterocycles. The number of hydrogen-bond acceptors (Lipinski definition) is 6. The molecule has 4 rings (SSSR count). The Bertz CT molecular complexity index is 1380. The maximum absolute atomic E-state index is 13.0. The van der Waals surface area contributed by atoms with Crippen LogP contribution in [0, 0.1) is 0 Å². The molecule has 0 saturated heterocycles. The second kappa shape index (κ2) is 9.65. The number of methoxy groups -OCH3 is 1. The number of thiol groups is 1. The minimum atomic E-state index is -4.42. The molecule has 1 unspecified atom stereocenters. The Kier molecular flexibility index (Phi) is 6.79. The number of hydrogen-bond donors (Lipinski definition) is 1. The Morgan fingerprint density at radius 3 is 2.34 bits per heavy atom. The summed E-state index contributed by atoms with van der Waals surface area (Å²) in [6, 6.07) is 12.4. The molecule has 0 N–H and O–H groups in total. The van der Waals surface area contributed by atoms with Crippen molar-refractivity contribution < 1.29 is 17.9 Å². The second-order valence-electron chi connectivity index (χ2n) is 8.29. The number of anilines is 1. The van der Waals surface area contributed by atoms with E-state index in [9.17, 15) is 18.0 Å². The van der Waals surface area contributed by atoms with Crippen LogP contribution in [0.1, 0.15) is 29.7 Å². The zero-order chi connectivity index (χ0) is 25.3. The van der Waals surface area contributed by atoms with E-state index in [1.165, 1.54) is 27.0 Å². The summed E-state index contributed by atoms with van der Waals surface area (Å²) in [5.41, 5.74) is 1.83. The highest BCUT2D eigenvalue weighted by Crippen LogP contribution is 2.30. The van der Waals surface area contributed by atoms with Crippen LogP contribution in [0.15, 0.2) is 59.7 Å². The zero-order valence-electron chi connectivity index (χ0n) is 19.3. The molecule has 7 nitrogen and oxygen atoms in total. The molecule has 0 saturated carbocycles. The summed E-state index contributed by atoms with van der Waals surface area (Å²) in [4.78, 5) is 23.8. The maximum Gasteiger partial charge on any atom is 0.416 e. The van der Waals surface area contributed by atoms with Crippen molar-refractivity contribution >= 4 is 29.7 Å². The minimum Gasteiger partial charge on any atom is -0.497 e. The molecule has 0 aliphatic carbocycles. The first-order valence-electron chi connectivity index (χ1n) is 10.8. The maximum atomic E-state index is 13.0. The van der Waals surface area contributed by atoms with Crippen molar-refractivity contribution in [3.63, 3.8) is 0 Å². The Morgan fingerprint density at radius 1 is 1.09 bits per heavy atom. The number of benzene rings is 2. The number of alkyl halides is 3. The van der Waals surface area contributed by atoms with Crippen LogP contribution >= 0.6 is 12.8 Å². The van der Waals surface area contributed by atoms with E-state index in [0.29, 0.717) is 29.0 Å². The molecule has 2 aromatic carbocycles. The normalized spacial score (nSPS) is 12.7. The van der Waals surface area contributed by atoms with Crippen molar-refractivity contribution in [2.75, 3.05) is 25.6 Å². The van der Waals surface area contributed by atoms with Gasteiger partial charge in [-0.25, -0.2) is 18.7 Å². The molecule has 35 heavy (non-hydrogen) atoms. The van der Waals surface area contributed by atoms with Gasteiger partial charge in [-0.15, -0.1) is 0 Å². The van der Waals surface area contributed by atoms with Crippen molar-refractivity contribution in [3.8, 4) is 5.75 Å². The number of rotatable bonds is 7. The average Bonchev–Trinajstić information content (AvgIpc) is 3.08. The predicted octanol–water partition coefficient (Wildman–Crippen LogP) is 4.60. The van der Waals surface area contributed by atoms with Crippen molar-refractivity contribution in [3.05, 3.63) is 82.2 Å². The summed E-state index contributed by atoms with van der Waals surface area (Å²) in [5, 5.41) is 0. The summed E-state index contributed by atoms with van der Waals surface area (Å²) in [6.07, 6.45) is -3.04. The zero-order valence-corrected chi connectivity index (χ0v) is 20.2. The number of aromatic nitrogens is 4. The third kappa shape index (κ3) is 5.00. The quantitative estimate of drug-likeness (QED) is 0.374. The molecule has 0 amide bonds. The molecule has 0 radical (unpaired) electrons. The van der Waals surface area contributed by atoms with Crippen LogP contribution in [0.5, 0.6) is 5.75 Å². The van der Waals surface area contributed by atoms with Gasteiger partial charge in [0.15, 0.2) is 5.65 Å². The van der Waals surface area contributed by atoms with Gasteiger partial charge in [0.05, 0.1) is 24.9 Å². The lowest BCUT2D eigenvalue weighted by atomic mass is 10.1. The number of fused-ring (bicyclic) bond motifs is 1. The fourth-order valence-electron chi connectivity index (χ4n) is 4.01. The molecular formula is C24H24F3N5O2S. The standard InChI is InChI=1S/C24H24F3N5O2S/c1-15(12-30(2)18-8-10-19(34-3)11-9-18)20-21-22(29-14-28-20)31(23(33)32(21)35)13-16-4-6-17(7-5-16)24(25,26)27/h4-11,14-15,35H,12-13H2,1-3H3. The van der Waals surface area contributed by atoms with Crippen LogP contribution in [0.25, 0.3) is 11.2 Å². The fourth-order valence-corrected chi connectivity index (χ4v) is 4.31. The van der Waals surface area contributed by atoms with E-state index in [-0.39, 0.29) is 12.5 Å². The molecule has 0 spiro atoms. The average molecular weight is 504 g/mol. The lowest BCUT2D eigenvalue weighted by Crippen LogP contribution is -2.24. The molecule has 11 heteroatoms. The molecule has 4 aromatic rings. The lowest BCUT2D eigenvalue weighted by Gasteiger charge is -2.23. The first-order chi connectivity index (χ1) is 16.6. The molecule has 0 aliphatic rings. The summed E-state index contributed by atoms with van der Waals surface area (Å²) >= 11 is 4.38. The molecule has 1 atom stereocenters. The van der Waals surface area contributed by atoms with Crippen molar-refractivity contribution in [2.24, 2.45) is 0 Å². The van der Waals surface area contributed by atoms with E-state index in [0.717, 1.165) is 23.6 Å². The van der Waals surface area contributed by atoms with Gasteiger partial charge >= 0.3 is 11.9 Å². The van der Waals surface area contributed by atoms with E-state index >= 15 is 0 Å². The molecule has 184 valence electrons. The minimum absolute atomic E-state index is 0.0532. The van der Waals surface area contributed by atoms with Gasteiger partial charge in [-0.1, -0.05) is 31.9 Å². The smallest absolute Gasteiger partial charge is 0.416 e. The van der Waals surface area contributed by atoms with Gasteiger partial charge in [0.25, 0.3) is 0 Å². The van der Waals surface area contributed by atoms with Crippen LogP contribution in [0.4, 0.5) is 18.9 Å². The van der Waals surface area contributed by atoms with E-state index in [2.05, 4.69) is 27.7 Å². The number of nitrogens with zero attached hydrogens (tertiary/aromatic N) is 5. The molecule has 2 heterocycles. The van der Waals surface area contributed by atoms with Crippen LogP contribution in [-0.4, -0.2) is 39.2 Å². The Labute approximate surface area is 205 Å². The largest absolute Gasteiger partial charge is 0.497 e. The Balaban J connectivity index is 1.63. The van der Waals surface area contributed by atoms with E-state index < -0.39 is 17.4 Å². The fraction of sp³-hybridized carbons (Fsp3) is 0.292. The third-order valence-corrected chi connectivity index (χ3v) is 6.23. The van der Waals surface area contributed by atoms with Gasteiger partial charge in [0.1, 0.15) is 17.6 Å². The Hall–Kier alpha value is -3.47. The van der Waals surface area contributed by atoms with E-state index in [4.69, 9.17) is 4.74 Å². The number of halogens is 3. The van der Waals surface area contributed by atoms with Crippen molar-refractivity contribution in [1.82, 2.24) is 18.5 Å². The highest BCUT2D eigenvalue weighted by Gasteiger charge is 2.30. The lowest BCUT2D eigenvalue weighted by molar-refractivity contribution is -0.137. The number of imidazole rings is 1. The molecule has 2 aromatic heterocycles. The topological polar surface area (TPSA) is 65.2 Å². The van der Waals surface area contributed by atoms with Gasteiger partial charge < -0.3 is 9.64 Å². The molecule has 0 bridgehead atoms. The van der Waals surface area contributed by atoms with Crippen LogP contribution in [0.3, 0.4) is 0 Å². The van der Waals surface area contributed by atoms with Crippen LogP contribution < -0.4 is 15.3 Å². The highest BCUT2D eigenvalue weighted by atomic mass is 32.1. The van der Waals surface area contributed by atoms with Gasteiger partial charge in [0.2, 0.25) is 0 Å². The van der Waals surface area contributed by atoms with Gasteiger partial charge in [-0.05, 0) is 42.0 Å². The van der Waals surface area contributed by atoms with Crippen LogP contribution in [0.2, 0.25) is 0 Å². The summed E-state index contributed by atoms with van der Waals surface area (Å²) in [7, 11) is 3.57. The van der Waals surface area contributed by atoms with Crippen molar-refractivity contribution in [2.45, 2.75) is 25.6 Å². The first-order valence-corrected chi connectivity index (χ1v) is 11.2. The second-order valence-corrected chi connectivity index (χ2v) is 8.69. The molecular weight excluding hydrogens is 479 g/mol. The van der Waals surface area contributed by atoms with Gasteiger partial charge in [0, 0.05) is 25.2 Å². The summed E-state index contributed by atoms with van der Waals surface area (Å²) in [6.45, 7) is 2.65. The van der Waals surface area contributed by atoms with E-state index in [1.54, 1.807) is 7.11 Å². The SMILES string of the molecule is COc1ccc(N(C)CC(C)c2ncnc3c2n(S)c(=O)n3Cc2ccc(C(F)(F)F)cc2)cc1. The predicted molar refractivity (Wildman–Crippen MR) is 131 cm³/mol. The molecule has 0 fully saturated rings. The van der Waals surface area contributed by atoms with Gasteiger partial charge in [-0.2, -0.15) is 13.2 Å². The van der Waals surface area contributed by atoms with Crippen LogP contribution in [-0.2, 0) is 12.7 Å². The monoisotopic (exact) mass is 503 g/mol. The highest BCUT2D eigenvalue weighted by molar-refractivity contribution is 7.78. The summed E-state index contributed by atoms with van der Waals surface area (Å²) in [5.74, 6) is 0.675. The van der Waals surface area contributed by atoms with Gasteiger partial charge in [-0.3, -0.25) is 4.57 Å².